The van der Waals surface area contributed by atoms with Gasteiger partial charge in [0.1, 0.15) is 0 Å². The summed E-state index contributed by atoms with van der Waals surface area (Å²) in [6, 6.07) is 5.89. The number of unbranched alkanes of at least 4 members (excludes halogenated alkanes) is 4. The van der Waals surface area contributed by atoms with E-state index in [1.807, 2.05) is 6.07 Å². The van der Waals surface area contributed by atoms with Crippen molar-refractivity contribution in [2.45, 2.75) is 65.2 Å². The molecule has 1 aromatic carbocycles. The van der Waals surface area contributed by atoms with Gasteiger partial charge in [-0.2, -0.15) is 0 Å². The quantitative estimate of drug-likeness (QED) is 0.543. The first-order valence-electron chi connectivity index (χ1n) is 7.06. The SMILES string of the molecule is CCCCCc1ccc([O])c(CCCCC)c1. The molecule has 0 fully saturated rings. The van der Waals surface area contributed by atoms with E-state index in [1.54, 1.807) is 6.07 Å². The third-order valence-electron chi connectivity index (χ3n) is 3.24. The van der Waals surface area contributed by atoms with Crippen LogP contribution >= 0.6 is 0 Å². The molecule has 0 N–H and O–H groups in total. The van der Waals surface area contributed by atoms with E-state index in [4.69, 9.17) is 0 Å². The summed E-state index contributed by atoms with van der Waals surface area (Å²) >= 11 is 0. The maximum atomic E-state index is 11.7. The van der Waals surface area contributed by atoms with Gasteiger partial charge in [-0.05, 0) is 42.9 Å². The van der Waals surface area contributed by atoms with Crippen LogP contribution in [0.1, 0.15) is 63.5 Å². The Morgan fingerprint density at radius 3 is 2.18 bits per heavy atom. The highest BCUT2D eigenvalue weighted by Crippen LogP contribution is 2.22. The van der Waals surface area contributed by atoms with Gasteiger partial charge in [0.05, 0.1) is 0 Å². The molecule has 0 aromatic heterocycles. The molecule has 1 heteroatoms. The topological polar surface area (TPSA) is 19.9 Å². The van der Waals surface area contributed by atoms with Crippen molar-refractivity contribution in [2.24, 2.45) is 0 Å². The second kappa shape index (κ2) is 8.16. The van der Waals surface area contributed by atoms with Crippen LogP contribution in [0.15, 0.2) is 18.2 Å². The fraction of sp³-hybridized carbons (Fsp3) is 0.625. The molecule has 0 aliphatic heterocycles. The molecule has 0 saturated carbocycles. The number of hydrogen-bond donors (Lipinski definition) is 0. The molecule has 0 unspecified atom stereocenters. The van der Waals surface area contributed by atoms with Crippen LogP contribution in [0.4, 0.5) is 0 Å². The van der Waals surface area contributed by atoms with Gasteiger partial charge in [-0.1, -0.05) is 51.7 Å². The maximum absolute atomic E-state index is 11.7. The Hall–Kier alpha value is -0.980. The Bertz CT molecular complexity index is 317. The largest absolute Gasteiger partial charge is 0.290 e. The molecule has 1 radical (unpaired) electrons. The summed E-state index contributed by atoms with van der Waals surface area (Å²) in [4.78, 5) is 0. The molecular formula is C16H25O. The minimum absolute atomic E-state index is 0.223. The molecule has 1 aromatic rings. The van der Waals surface area contributed by atoms with Gasteiger partial charge < -0.3 is 0 Å². The summed E-state index contributed by atoms with van der Waals surface area (Å²) in [6.07, 6.45) is 9.42. The van der Waals surface area contributed by atoms with E-state index in [0.717, 1.165) is 24.8 Å². The van der Waals surface area contributed by atoms with Crippen LogP contribution in [-0.4, -0.2) is 0 Å². The van der Waals surface area contributed by atoms with Crippen molar-refractivity contribution in [2.75, 3.05) is 0 Å². The van der Waals surface area contributed by atoms with Gasteiger partial charge in [0.2, 0.25) is 0 Å². The van der Waals surface area contributed by atoms with E-state index in [2.05, 4.69) is 19.9 Å². The summed E-state index contributed by atoms with van der Waals surface area (Å²) in [5.41, 5.74) is 2.36. The standard InChI is InChI=1S/C16H25O/c1-3-5-7-9-14-11-12-16(17)15(13-14)10-8-6-4-2/h11-13H,3-10H2,1-2H3. The number of aryl methyl sites for hydroxylation is 2. The third kappa shape index (κ3) is 5.25. The van der Waals surface area contributed by atoms with Crippen LogP contribution in [0.25, 0.3) is 0 Å². The zero-order chi connectivity index (χ0) is 12.5. The van der Waals surface area contributed by atoms with Crippen LogP contribution in [-0.2, 0) is 17.9 Å². The molecular weight excluding hydrogens is 208 g/mol. The fourth-order valence-corrected chi connectivity index (χ4v) is 2.13. The first-order chi connectivity index (χ1) is 8.27. The highest BCUT2D eigenvalue weighted by atomic mass is 16.3. The molecule has 0 saturated heterocycles. The van der Waals surface area contributed by atoms with Gasteiger partial charge in [-0.15, -0.1) is 0 Å². The summed E-state index contributed by atoms with van der Waals surface area (Å²) in [5.74, 6) is 0.223. The van der Waals surface area contributed by atoms with Crippen molar-refractivity contribution in [1.29, 1.82) is 0 Å². The van der Waals surface area contributed by atoms with Gasteiger partial charge in [-0.25, -0.2) is 0 Å². The average molecular weight is 233 g/mol. The summed E-state index contributed by atoms with van der Waals surface area (Å²) in [6.45, 7) is 4.41. The van der Waals surface area contributed by atoms with Crippen LogP contribution in [0.2, 0.25) is 0 Å². The predicted octanol–water partition coefficient (Wildman–Crippen LogP) is 5.30. The van der Waals surface area contributed by atoms with Gasteiger partial charge in [0.15, 0.2) is 5.75 Å². The molecule has 0 aliphatic rings. The van der Waals surface area contributed by atoms with Gasteiger partial charge in [0, 0.05) is 0 Å². The highest BCUT2D eigenvalue weighted by molar-refractivity contribution is 5.36. The first-order valence-corrected chi connectivity index (χ1v) is 7.06. The molecule has 0 amide bonds. The Balaban J connectivity index is 2.53. The lowest BCUT2D eigenvalue weighted by Crippen LogP contribution is -1.91. The molecule has 17 heavy (non-hydrogen) atoms. The molecule has 0 aliphatic carbocycles. The molecule has 95 valence electrons. The summed E-state index contributed by atoms with van der Waals surface area (Å²) in [7, 11) is 0. The van der Waals surface area contributed by atoms with Crippen molar-refractivity contribution >= 4 is 0 Å². The second-order valence-electron chi connectivity index (χ2n) is 4.86. The molecule has 1 nitrogen and oxygen atoms in total. The average Bonchev–Trinajstić information content (AvgIpc) is 2.33. The monoisotopic (exact) mass is 233 g/mol. The van der Waals surface area contributed by atoms with Crippen LogP contribution < -0.4 is 0 Å². The van der Waals surface area contributed by atoms with Gasteiger partial charge in [0.25, 0.3) is 0 Å². The minimum Gasteiger partial charge on any atom is -0.290 e. The van der Waals surface area contributed by atoms with Gasteiger partial charge in [-0.3, -0.25) is 5.11 Å². The van der Waals surface area contributed by atoms with Gasteiger partial charge >= 0.3 is 0 Å². The van der Waals surface area contributed by atoms with E-state index in [0.29, 0.717) is 0 Å². The lowest BCUT2D eigenvalue weighted by Gasteiger charge is -2.06. The Labute approximate surface area is 106 Å². The van der Waals surface area contributed by atoms with E-state index < -0.39 is 0 Å². The molecule has 0 spiro atoms. The Morgan fingerprint density at radius 1 is 0.882 bits per heavy atom. The van der Waals surface area contributed by atoms with Crippen molar-refractivity contribution in [3.05, 3.63) is 29.3 Å². The van der Waals surface area contributed by atoms with E-state index in [9.17, 15) is 5.11 Å². The van der Waals surface area contributed by atoms with Crippen molar-refractivity contribution in [1.82, 2.24) is 0 Å². The molecule has 1 rings (SSSR count). The van der Waals surface area contributed by atoms with Crippen molar-refractivity contribution in [3.8, 4) is 5.75 Å². The summed E-state index contributed by atoms with van der Waals surface area (Å²) < 4.78 is 0. The van der Waals surface area contributed by atoms with Crippen molar-refractivity contribution in [3.63, 3.8) is 0 Å². The lowest BCUT2D eigenvalue weighted by atomic mass is 10.0. The van der Waals surface area contributed by atoms with Crippen LogP contribution in [0.5, 0.6) is 5.75 Å². The zero-order valence-corrected chi connectivity index (χ0v) is 11.3. The third-order valence-corrected chi connectivity index (χ3v) is 3.24. The first kappa shape index (κ1) is 14.1. The number of hydrogen-bond acceptors (Lipinski definition) is 0. The lowest BCUT2D eigenvalue weighted by molar-refractivity contribution is 0.349. The Kier molecular flexibility index (Phi) is 6.76. The molecule has 0 heterocycles. The van der Waals surface area contributed by atoms with Crippen LogP contribution in [0.3, 0.4) is 0 Å². The molecule has 0 bridgehead atoms. The van der Waals surface area contributed by atoms with E-state index in [-0.39, 0.29) is 5.75 Å². The van der Waals surface area contributed by atoms with Crippen LogP contribution in [0, 0.1) is 0 Å². The van der Waals surface area contributed by atoms with Crippen molar-refractivity contribution < 1.29 is 5.11 Å². The Morgan fingerprint density at radius 2 is 1.53 bits per heavy atom. The normalized spacial score (nSPS) is 10.7. The van der Waals surface area contributed by atoms with E-state index in [1.165, 1.54) is 37.7 Å². The smallest absolute Gasteiger partial charge is 0.181 e. The molecule has 0 atom stereocenters. The highest BCUT2D eigenvalue weighted by Gasteiger charge is 2.04. The van der Waals surface area contributed by atoms with E-state index >= 15 is 0 Å². The number of benzene rings is 1. The maximum Gasteiger partial charge on any atom is 0.181 e. The summed E-state index contributed by atoms with van der Waals surface area (Å²) in [5, 5.41) is 11.7. The second-order valence-corrected chi connectivity index (χ2v) is 4.86. The fourth-order valence-electron chi connectivity index (χ4n) is 2.13. The minimum atomic E-state index is 0.223. The zero-order valence-electron chi connectivity index (χ0n) is 11.3. The predicted molar refractivity (Wildman–Crippen MR) is 73.0 cm³/mol. The number of rotatable bonds is 8.